The number of hydrogen-bond acceptors (Lipinski definition) is 5. The number of nitrogens with zero attached hydrogens (tertiary/aromatic N) is 3. The molecule has 2 N–H and O–H groups in total. The van der Waals surface area contributed by atoms with Gasteiger partial charge in [0.1, 0.15) is 18.0 Å². The van der Waals surface area contributed by atoms with E-state index in [0.717, 1.165) is 31.0 Å². The van der Waals surface area contributed by atoms with Crippen molar-refractivity contribution < 1.29 is 5.11 Å². The third-order valence-corrected chi connectivity index (χ3v) is 3.22. The van der Waals surface area contributed by atoms with E-state index in [9.17, 15) is 5.11 Å². The van der Waals surface area contributed by atoms with Crippen LogP contribution in [0.2, 0.25) is 0 Å². The van der Waals surface area contributed by atoms with Crippen LogP contribution in [-0.4, -0.2) is 40.3 Å². The number of aromatic nitrogens is 2. The van der Waals surface area contributed by atoms with Crippen LogP contribution in [0.25, 0.3) is 0 Å². The third-order valence-electron chi connectivity index (χ3n) is 3.22. The topological polar surface area (TPSA) is 61.3 Å². The van der Waals surface area contributed by atoms with Gasteiger partial charge in [-0.15, -0.1) is 0 Å². The predicted molar refractivity (Wildman–Crippen MR) is 72.9 cm³/mol. The minimum Gasteiger partial charge on any atom is -0.394 e. The Hall–Kier alpha value is -1.36. The van der Waals surface area contributed by atoms with E-state index in [1.165, 1.54) is 6.42 Å². The van der Waals surface area contributed by atoms with Gasteiger partial charge in [-0.05, 0) is 33.1 Å². The first-order valence-corrected chi connectivity index (χ1v) is 6.67. The molecule has 5 nitrogen and oxygen atoms in total. The summed E-state index contributed by atoms with van der Waals surface area (Å²) in [5.41, 5.74) is 0. The lowest BCUT2D eigenvalue weighted by molar-refractivity contribution is 0.239. The highest BCUT2D eigenvalue weighted by molar-refractivity contribution is 5.49. The van der Waals surface area contributed by atoms with Crippen LogP contribution >= 0.6 is 0 Å². The SMILES string of the molecule is CC(C)Nc1cc(N2CCCCC2CO)ncn1. The van der Waals surface area contributed by atoms with Crippen molar-refractivity contribution in [2.45, 2.75) is 45.2 Å². The molecular formula is C13H22N4O. The molecule has 1 aliphatic rings. The van der Waals surface area contributed by atoms with Crippen LogP contribution in [0, 0.1) is 0 Å². The molecule has 18 heavy (non-hydrogen) atoms. The Labute approximate surface area is 108 Å². The number of aliphatic hydroxyl groups excluding tert-OH is 1. The van der Waals surface area contributed by atoms with Gasteiger partial charge in [0.05, 0.1) is 12.6 Å². The van der Waals surface area contributed by atoms with Crippen molar-refractivity contribution in [1.82, 2.24) is 9.97 Å². The Morgan fingerprint density at radius 3 is 3.00 bits per heavy atom. The van der Waals surface area contributed by atoms with E-state index in [4.69, 9.17) is 0 Å². The van der Waals surface area contributed by atoms with Gasteiger partial charge in [-0.3, -0.25) is 0 Å². The zero-order valence-electron chi connectivity index (χ0n) is 11.1. The summed E-state index contributed by atoms with van der Waals surface area (Å²) in [6, 6.07) is 2.51. The standard InChI is InChI=1S/C13H22N4O/c1-10(2)16-12-7-13(15-9-14-12)17-6-4-3-5-11(17)8-18/h7,9-11,18H,3-6,8H2,1-2H3,(H,14,15,16). The number of piperidine rings is 1. The third kappa shape index (κ3) is 3.10. The van der Waals surface area contributed by atoms with Gasteiger partial charge in [0.2, 0.25) is 0 Å². The minimum absolute atomic E-state index is 0.191. The molecule has 0 saturated carbocycles. The van der Waals surface area contributed by atoms with E-state index in [1.807, 2.05) is 6.07 Å². The Kier molecular flexibility index (Phi) is 4.36. The molecule has 1 saturated heterocycles. The maximum absolute atomic E-state index is 9.44. The molecule has 0 radical (unpaired) electrons. The van der Waals surface area contributed by atoms with Gasteiger partial charge >= 0.3 is 0 Å². The van der Waals surface area contributed by atoms with E-state index in [-0.39, 0.29) is 12.6 Å². The van der Waals surface area contributed by atoms with Crippen LogP contribution in [-0.2, 0) is 0 Å². The summed E-state index contributed by atoms with van der Waals surface area (Å²) in [5.74, 6) is 1.75. The second kappa shape index (κ2) is 6.00. The van der Waals surface area contributed by atoms with Crippen LogP contribution < -0.4 is 10.2 Å². The Balaban J connectivity index is 2.15. The number of aliphatic hydroxyl groups is 1. The van der Waals surface area contributed by atoms with Crippen LogP contribution in [0.5, 0.6) is 0 Å². The molecule has 0 spiro atoms. The first-order valence-electron chi connectivity index (χ1n) is 6.67. The predicted octanol–water partition coefficient (Wildman–Crippen LogP) is 1.65. The van der Waals surface area contributed by atoms with Gasteiger partial charge in [-0.2, -0.15) is 0 Å². The summed E-state index contributed by atoms with van der Waals surface area (Å²) in [7, 11) is 0. The maximum atomic E-state index is 9.44. The molecule has 1 unspecified atom stereocenters. The fourth-order valence-corrected chi connectivity index (χ4v) is 2.37. The molecule has 0 amide bonds. The molecular weight excluding hydrogens is 228 g/mol. The zero-order valence-corrected chi connectivity index (χ0v) is 11.1. The first kappa shape index (κ1) is 13.1. The van der Waals surface area contributed by atoms with E-state index in [1.54, 1.807) is 6.33 Å². The van der Waals surface area contributed by atoms with Crippen molar-refractivity contribution in [3.8, 4) is 0 Å². The summed E-state index contributed by atoms with van der Waals surface area (Å²) in [6.45, 7) is 5.32. The molecule has 2 rings (SSSR count). The molecule has 0 bridgehead atoms. The number of anilines is 2. The van der Waals surface area contributed by atoms with Crippen LogP contribution in [0.4, 0.5) is 11.6 Å². The molecule has 1 aliphatic heterocycles. The van der Waals surface area contributed by atoms with Crippen LogP contribution in [0.3, 0.4) is 0 Å². The highest BCUT2D eigenvalue weighted by Crippen LogP contribution is 2.24. The van der Waals surface area contributed by atoms with E-state index in [2.05, 4.69) is 34.0 Å². The molecule has 2 heterocycles. The Bertz CT molecular complexity index is 383. The quantitative estimate of drug-likeness (QED) is 0.851. The molecule has 0 aliphatic carbocycles. The van der Waals surface area contributed by atoms with Crippen LogP contribution in [0.1, 0.15) is 33.1 Å². The van der Waals surface area contributed by atoms with Gasteiger partial charge in [-0.25, -0.2) is 9.97 Å². The Morgan fingerprint density at radius 1 is 1.44 bits per heavy atom. The van der Waals surface area contributed by atoms with Gasteiger partial charge in [0.25, 0.3) is 0 Å². The molecule has 0 aromatic carbocycles. The van der Waals surface area contributed by atoms with Crippen molar-refractivity contribution in [1.29, 1.82) is 0 Å². The van der Waals surface area contributed by atoms with Crippen molar-refractivity contribution in [2.75, 3.05) is 23.4 Å². The second-order valence-electron chi connectivity index (χ2n) is 5.09. The van der Waals surface area contributed by atoms with Crippen molar-refractivity contribution >= 4 is 11.6 Å². The van der Waals surface area contributed by atoms with E-state index >= 15 is 0 Å². The fourth-order valence-electron chi connectivity index (χ4n) is 2.37. The summed E-state index contributed by atoms with van der Waals surface area (Å²) in [4.78, 5) is 10.7. The van der Waals surface area contributed by atoms with Gasteiger partial charge in [0.15, 0.2) is 0 Å². The molecule has 1 aromatic rings. The number of rotatable bonds is 4. The van der Waals surface area contributed by atoms with Gasteiger partial charge in [0, 0.05) is 18.7 Å². The van der Waals surface area contributed by atoms with E-state index in [0.29, 0.717) is 6.04 Å². The molecule has 100 valence electrons. The van der Waals surface area contributed by atoms with Crippen LogP contribution in [0.15, 0.2) is 12.4 Å². The first-order chi connectivity index (χ1) is 8.70. The monoisotopic (exact) mass is 250 g/mol. The van der Waals surface area contributed by atoms with Crippen molar-refractivity contribution in [3.63, 3.8) is 0 Å². The lowest BCUT2D eigenvalue weighted by atomic mass is 10.0. The minimum atomic E-state index is 0.191. The highest BCUT2D eigenvalue weighted by atomic mass is 16.3. The highest BCUT2D eigenvalue weighted by Gasteiger charge is 2.23. The summed E-state index contributed by atoms with van der Waals surface area (Å²) in [6.07, 6.45) is 4.97. The summed E-state index contributed by atoms with van der Waals surface area (Å²) in [5, 5.41) is 12.7. The molecule has 5 heteroatoms. The molecule has 1 fully saturated rings. The summed E-state index contributed by atoms with van der Waals surface area (Å²) < 4.78 is 0. The van der Waals surface area contributed by atoms with Gasteiger partial charge < -0.3 is 15.3 Å². The second-order valence-corrected chi connectivity index (χ2v) is 5.09. The fraction of sp³-hybridized carbons (Fsp3) is 0.692. The Morgan fingerprint density at radius 2 is 2.28 bits per heavy atom. The average molecular weight is 250 g/mol. The van der Waals surface area contributed by atoms with Crippen molar-refractivity contribution in [3.05, 3.63) is 12.4 Å². The zero-order chi connectivity index (χ0) is 13.0. The van der Waals surface area contributed by atoms with Gasteiger partial charge in [-0.1, -0.05) is 0 Å². The maximum Gasteiger partial charge on any atom is 0.134 e. The normalized spacial score (nSPS) is 20.2. The lowest BCUT2D eigenvalue weighted by Gasteiger charge is -2.35. The lowest BCUT2D eigenvalue weighted by Crippen LogP contribution is -2.42. The smallest absolute Gasteiger partial charge is 0.134 e. The number of nitrogens with one attached hydrogen (secondary N) is 1. The van der Waals surface area contributed by atoms with Crippen molar-refractivity contribution in [2.24, 2.45) is 0 Å². The largest absolute Gasteiger partial charge is 0.394 e. The molecule has 1 atom stereocenters. The summed E-state index contributed by atoms with van der Waals surface area (Å²) >= 11 is 0. The average Bonchev–Trinajstić information content (AvgIpc) is 2.38. The van der Waals surface area contributed by atoms with E-state index < -0.39 is 0 Å². The number of hydrogen-bond donors (Lipinski definition) is 2. The molecule has 1 aromatic heterocycles.